The van der Waals surface area contributed by atoms with Crippen LogP contribution in [-0.2, 0) is 22.4 Å². The molecule has 78 valence electrons. The third kappa shape index (κ3) is 3.24. The van der Waals surface area contributed by atoms with Crippen molar-refractivity contribution in [3.05, 3.63) is 23.7 Å². The van der Waals surface area contributed by atoms with E-state index in [-0.39, 0.29) is 12.4 Å². The Labute approximate surface area is 84.1 Å². The lowest BCUT2D eigenvalue weighted by atomic mass is 10.2. The molecule has 0 saturated carbocycles. The highest BCUT2D eigenvalue weighted by atomic mass is 16.5. The first-order chi connectivity index (χ1) is 6.76. The van der Waals surface area contributed by atoms with E-state index in [0.717, 1.165) is 25.0 Å². The first kappa shape index (κ1) is 10.8. The number of esters is 1. The second-order valence-electron chi connectivity index (χ2n) is 3.22. The van der Waals surface area contributed by atoms with E-state index in [0.29, 0.717) is 5.76 Å². The molecule has 0 N–H and O–H groups in total. The third-order valence-electron chi connectivity index (χ3n) is 2.04. The van der Waals surface area contributed by atoms with Crippen molar-refractivity contribution in [2.75, 3.05) is 7.11 Å². The second-order valence-corrected chi connectivity index (χ2v) is 3.22. The maximum atomic E-state index is 10.9. The SMILES string of the molecule is CCCCc1ccc(CC(=O)OC)o1. The minimum atomic E-state index is -0.263. The van der Waals surface area contributed by atoms with E-state index in [1.54, 1.807) is 0 Å². The first-order valence-corrected chi connectivity index (χ1v) is 4.90. The standard InChI is InChI=1S/C11H16O3/c1-3-4-5-9-6-7-10(14-9)8-11(12)13-2/h6-7H,3-5,8H2,1-2H3. The van der Waals surface area contributed by atoms with Gasteiger partial charge in [-0.05, 0) is 18.6 Å². The molecule has 0 spiro atoms. The lowest BCUT2D eigenvalue weighted by Crippen LogP contribution is -2.03. The molecule has 0 bridgehead atoms. The van der Waals surface area contributed by atoms with Crippen molar-refractivity contribution in [3.63, 3.8) is 0 Å². The monoisotopic (exact) mass is 196 g/mol. The quantitative estimate of drug-likeness (QED) is 0.678. The average molecular weight is 196 g/mol. The molecule has 0 aromatic carbocycles. The molecule has 0 unspecified atom stereocenters. The van der Waals surface area contributed by atoms with Crippen molar-refractivity contribution in [1.82, 2.24) is 0 Å². The topological polar surface area (TPSA) is 39.4 Å². The normalized spacial score (nSPS) is 10.1. The Morgan fingerprint density at radius 2 is 2.14 bits per heavy atom. The molecule has 0 fully saturated rings. The van der Waals surface area contributed by atoms with Crippen LogP contribution in [0, 0.1) is 0 Å². The zero-order valence-electron chi connectivity index (χ0n) is 8.71. The fourth-order valence-corrected chi connectivity index (χ4v) is 1.22. The molecule has 0 saturated heterocycles. The fourth-order valence-electron chi connectivity index (χ4n) is 1.22. The van der Waals surface area contributed by atoms with Crippen molar-refractivity contribution in [1.29, 1.82) is 0 Å². The van der Waals surface area contributed by atoms with E-state index in [9.17, 15) is 4.79 Å². The van der Waals surface area contributed by atoms with Crippen LogP contribution in [0.1, 0.15) is 31.3 Å². The zero-order valence-corrected chi connectivity index (χ0v) is 8.71. The van der Waals surface area contributed by atoms with E-state index in [1.165, 1.54) is 7.11 Å². The summed E-state index contributed by atoms with van der Waals surface area (Å²) in [5.74, 6) is 1.37. The molecule has 0 radical (unpaired) electrons. The van der Waals surface area contributed by atoms with Gasteiger partial charge >= 0.3 is 5.97 Å². The van der Waals surface area contributed by atoms with Crippen LogP contribution in [0.4, 0.5) is 0 Å². The molecule has 3 heteroatoms. The van der Waals surface area contributed by atoms with Gasteiger partial charge in [0.2, 0.25) is 0 Å². The summed E-state index contributed by atoms with van der Waals surface area (Å²) in [7, 11) is 1.38. The van der Waals surface area contributed by atoms with Gasteiger partial charge in [-0.15, -0.1) is 0 Å². The van der Waals surface area contributed by atoms with Crippen LogP contribution in [0.25, 0.3) is 0 Å². The molecule has 1 aromatic rings. The Bertz CT molecular complexity index is 288. The maximum absolute atomic E-state index is 10.9. The number of unbranched alkanes of at least 4 members (excludes halogenated alkanes) is 1. The number of ether oxygens (including phenoxy) is 1. The van der Waals surface area contributed by atoms with Gasteiger partial charge in [-0.25, -0.2) is 0 Å². The summed E-state index contributed by atoms with van der Waals surface area (Å²) in [5, 5.41) is 0. The summed E-state index contributed by atoms with van der Waals surface area (Å²) in [6.07, 6.45) is 3.43. The number of rotatable bonds is 5. The van der Waals surface area contributed by atoms with Crippen molar-refractivity contribution >= 4 is 5.97 Å². The Balaban J connectivity index is 2.46. The average Bonchev–Trinajstić information content (AvgIpc) is 2.62. The van der Waals surface area contributed by atoms with Crippen molar-refractivity contribution in [3.8, 4) is 0 Å². The van der Waals surface area contributed by atoms with Gasteiger partial charge < -0.3 is 9.15 Å². The maximum Gasteiger partial charge on any atom is 0.313 e. The van der Waals surface area contributed by atoms with E-state index in [1.807, 2.05) is 12.1 Å². The molecule has 1 heterocycles. The second kappa shape index (κ2) is 5.47. The number of methoxy groups -OCH3 is 1. The van der Waals surface area contributed by atoms with Crippen LogP contribution < -0.4 is 0 Å². The summed E-state index contributed by atoms with van der Waals surface area (Å²) in [4.78, 5) is 10.9. The van der Waals surface area contributed by atoms with E-state index < -0.39 is 0 Å². The fraction of sp³-hybridized carbons (Fsp3) is 0.545. The van der Waals surface area contributed by atoms with Crippen LogP contribution in [0.5, 0.6) is 0 Å². The highest BCUT2D eigenvalue weighted by Crippen LogP contribution is 2.11. The van der Waals surface area contributed by atoms with E-state index >= 15 is 0 Å². The molecule has 0 aliphatic carbocycles. The van der Waals surface area contributed by atoms with Gasteiger partial charge in [0.15, 0.2) is 0 Å². The smallest absolute Gasteiger partial charge is 0.313 e. The van der Waals surface area contributed by atoms with Crippen LogP contribution in [-0.4, -0.2) is 13.1 Å². The largest absolute Gasteiger partial charge is 0.469 e. The minimum absolute atomic E-state index is 0.225. The van der Waals surface area contributed by atoms with E-state index in [4.69, 9.17) is 4.42 Å². The van der Waals surface area contributed by atoms with Crippen molar-refractivity contribution < 1.29 is 13.9 Å². The molecule has 1 aromatic heterocycles. The number of carbonyl (C=O) groups excluding carboxylic acids is 1. The molecular weight excluding hydrogens is 180 g/mol. The molecule has 0 aliphatic heterocycles. The van der Waals surface area contributed by atoms with Crippen LogP contribution in [0.2, 0.25) is 0 Å². The summed E-state index contributed by atoms with van der Waals surface area (Å²) in [6, 6.07) is 3.76. The van der Waals surface area contributed by atoms with Crippen molar-refractivity contribution in [2.45, 2.75) is 32.6 Å². The molecule has 14 heavy (non-hydrogen) atoms. The lowest BCUT2D eigenvalue weighted by molar-refractivity contribution is -0.140. The van der Waals surface area contributed by atoms with Crippen LogP contribution in [0.3, 0.4) is 0 Å². The van der Waals surface area contributed by atoms with Gasteiger partial charge in [0, 0.05) is 6.42 Å². The molecule has 0 aliphatic rings. The Morgan fingerprint density at radius 1 is 1.43 bits per heavy atom. The Hall–Kier alpha value is -1.25. The van der Waals surface area contributed by atoms with Gasteiger partial charge in [-0.2, -0.15) is 0 Å². The number of carbonyl (C=O) groups is 1. The van der Waals surface area contributed by atoms with Crippen molar-refractivity contribution in [2.24, 2.45) is 0 Å². The zero-order chi connectivity index (χ0) is 10.4. The molecule has 3 nitrogen and oxygen atoms in total. The molecule has 1 rings (SSSR count). The summed E-state index contributed by atoms with van der Waals surface area (Å²) < 4.78 is 10.0. The number of furan rings is 1. The summed E-state index contributed by atoms with van der Waals surface area (Å²) >= 11 is 0. The molecule has 0 atom stereocenters. The van der Waals surface area contributed by atoms with Gasteiger partial charge in [0.05, 0.1) is 7.11 Å². The van der Waals surface area contributed by atoms with Gasteiger partial charge in [0.25, 0.3) is 0 Å². The highest BCUT2D eigenvalue weighted by Gasteiger charge is 2.07. The van der Waals surface area contributed by atoms with Crippen LogP contribution in [0.15, 0.2) is 16.5 Å². The minimum Gasteiger partial charge on any atom is -0.469 e. The lowest BCUT2D eigenvalue weighted by Gasteiger charge is -1.96. The predicted octanol–water partition coefficient (Wildman–Crippen LogP) is 2.34. The number of aryl methyl sites for hydroxylation is 1. The number of hydrogen-bond acceptors (Lipinski definition) is 3. The van der Waals surface area contributed by atoms with E-state index in [2.05, 4.69) is 11.7 Å². The highest BCUT2D eigenvalue weighted by molar-refractivity contribution is 5.71. The Morgan fingerprint density at radius 3 is 2.79 bits per heavy atom. The predicted molar refractivity (Wildman–Crippen MR) is 53.0 cm³/mol. The summed E-state index contributed by atoms with van der Waals surface area (Å²) in [6.45, 7) is 2.14. The Kier molecular flexibility index (Phi) is 4.23. The van der Waals surface area contributed by atoms with Gasteiger partial charge in [-0.1, -0.05) is 13.3 Å². The molecular formula is C11H16O3. The number of hydrogen-bond donors (Lipinski definition) is 0. The molecule has 0 amide bonds. The summed E-state index contributed by atoms with van der Waals surface area (Å²) in [5.41, 5.74) is 0. The van der Waals surface area contributed by atoms with Crippen LogP contribution >= 0.6 is 0 Å². The first-order valence-electron chi connectivity index (χ1n) is 4.90. The van der Waals surface area contributed by atoms with Gasteiger partial charge in [-0.3, -0.25) is 4.79 Å². The van der Waals surface area contributed by atoms with Gasteiger partial charge in [0.1, 0.15) is 17.9 Å². The third-order valence-corrected chi connectivity index (χ3v) is 2.04.